The highest BCUT2D eigenvalue weighted by Crippen LogP contribution is 2.31. The Hall–Kier alpha value is -2.80. The number of fused-ring (bicyclic) bond motifs is 1. The number of ether oxygens (including phenoxy) is 2. The van der Waals surface area contributed by atoms with Gasteiger partial charge in [0.15, 0.2) is 29.2 Å². The van der Waals surface area contributed by atoms with Crippen molar-refractivity contribution in [3.05, 3.63) is 47.9 Å². The van der Waals surface area contributed by atoms with E-state index < -0.39 is 0 Å². The van der Waals surface area contributed by atoms with Crippen molar-refractivity contribution in [2.24, 2.45) is 0 Å². The molecule has 25 heavy (non-hydrogen) atoms. The fraction of sp³-hybridized carbons (Fsp3) is 0.333. The molecule has 1 amide bonds. The van der Waals surface area contributed by atoms with Crippen LogP contribution in [0.25, 0.3) is 11.0 Å². The summed E-state index contributed by atoms with van der Waals surface area (Å²) in [5.41, 5.74) is 0.927. The van der Waals surface area contributed by atoms with Crippen LogP contribution >= 0.6 is 0 Å². The van der Waals surface area contributed by atoms with Gasteiger partial charge >= 0.3 is 0 Å². The predicted molar refractivity (Wildman–Crippen MR) is 88.4 cm³/mol. The Balaban J connectivity index is 1.48. The van der Waals surface area contributed by atoms with Gasteiger partial charge in [-0.3, -0.25) is 4.79 Å². The van der Waals surface area contributed by atoms with Gasteiger partial charge in [-0.1, -0.05) is 12.1 Å². The van der Waals surface area contributed by atoms with Crippen LogP contribution in [0.1, 0.15) is 41.0 Å². The summed E-state index contributed by atoms with van der Waals surface area (Å²) >= 11 is 0. The molecule has 0 unspecified atom stereocenters. The quantitative estimate of drug-likeness (QED) is 0.766. The van der Waals surface area contributed by atoms with Crippen LogP contribution < -0.4 is 10.1 Å². The molecule has 1 N–H and O–H groups in total. The minimum Gasteiger partial charge on any atom is -0.493 e. The van der Waals surface area contributed by atoms with Crippen molar-refractivity contribution in [1.29, 1.82) is 0 Å². The molecule has 0 bridgehead atoms. The highest BCUT2D eigenvalue weighted by molar-refractivity contribution is 5.93. The lowest BCUT2D eigenvalue weighted by atomic mass is 10.1. The average Bonchev–Trinajstić information content (AvgIpc) is 3.38. The molecule has 0 radical (unpaired) electrons. The summed E-state index contributed by atoms with van der Waals surface area (Å²) in [6.07, 6.45) is 2.86. The summed E-state index contributed by atoms with van der Waals surface area (Å²) in [5.74, 6) is 1.47. The number of oxazole rings is 1. The number of hydrogen-bond acceptors (Lipinski definition) is 6. The predicted octanol–water partition coefficient (Wildman–Crippen LogP) is 3.21. The van der Waals surface area contributed by atoms with E-state index in [9.17, 15) is 4.79 Å². The molecule has 2 aromatic heterocycles. The number of carbonyl (C=O) groups is 1. The van der Waals surface area contributed by atoms with Crippen LogP contribution in [0.5, 0.6) is 5.75 Å². The molecule has 7 nitrogen and oxygen atoms in total. The normalized spacial score (nSPS) is 17.1. The van der Waals surface area contributed by atoms with Gasteiger partial charge in [0.05, 0.1) is 13.7 Å². The van der Waals surface area contributed by atoms with Crippen molar-refractivity contribution in [3.63, 3.8) is 0 Å². The van der Waals surface area contributed by atoms with Crippen LogP contribution in [0.4, 0.5) is 0 Å². The molecular weight excluding hydrogens is 324 g/mol. The average molecular weight is 342 g/mol. The molecule has 1 atom stereocenters. The lowest BCUT2D eigenvalue weighted by molar-refractivity contribution is 0.0859. The number of nitrogens with zero attached hydrogens (tertiary/aromatic N) is 1. The first kappa shape index (κ1) is 15.7. The standard InChI is InChI=1S/C18H18N2O5/c1-22-13-5-2-4-11-8-12(25-16(11)13)9-19-18(21)15-17(24-10-20-15)14-6-3-7-23-14/h2,4-5,8,10,14H,3,6-7,9H2,1H3,(H,19,21)/t14-/m1/s1. The van der Waals surface area contributed by atoms with Crippen LogP contribution in [0.15, 0.2) is 39.5 Å². The molecular formula is C18H18N2O5. The molecule has 0 aliphatic carbocycles. The molecule has 7 heteroatoms. The topological polar surface area (TPSA) is 86.7 Å². The highest BCUT2D eigenvalue weighted by Gasteiger charge is 2.28. The number of para-hydroxylation sites is 1. The van der Waals surface area contributed by atoms with Gasteiger partial charge in [0.1, 0.15) is 11.9 Å². The van der Waals surface area contributed by atoms with E-state index in [1.165, 1.54) is 6.39 Å². The maximum Gasteiger partial charge on any atom is 0.274 e. The highest BCUT2D eigenvalue weighted by atomic mass is 16.5. The Bertz CT molecular complexity index is 892. The van der Waals surface area contributed by atoms with Crippen molar-refractivity contribution >= 4 is 16.9 Å². The number of furan rings is 1. The summed E-state index contributed by atoms with van der Waals surface area (Å²) in [6.45, 7) is 0.918. The van der Waals surface area contributed by atoms with E-state index in [1.54, 1.807) is 7.11 Å². The van der Waals surface area contributed by atoms with Crippen LogP contribution in [0, 0.1) is 0 Å². The van der Waals surface area contributed by atoms with E-state index in [1.807, 2.05) is 24.3 Å². The summed E-state index contributed by atoms with van der Waals surface area (Å²) in [5, 5.41) is 3.73. The van der Waals surface area contributed by atoms with Crippen molar-refractivity contribution in [1.82, 2.24) is 10.3 Å². The number of hydrogen-bond donors (Lipinski definition) is 1. The van der Waals surface area contributed by atoms with Crippen LogP contribution in [0.3, 0.4) is 0 Å². The molecule has 130 valence electrons. The zero-order chi connectivity index (χ0) is 17.2. The molecule has 1 aromatic carbocycles. The Morgan fingerprint density at radius 3 is 3.16 bits per heavy atom. The maximum atomic E-state index is 12.4. The number of aromatic nitrogens is 1. The number of carbonyl (C=O) groups excluding carboxylic acids is 1. The SMILES string of the molecule is COc1cccc2cc(CNC(=O)c3ncoc3[C@H]3CCCO3)oc12. The number of amides is 1. The zero-order valence-corrected chi connectivity index (χ0v) is 13.8. The van der Waals surface area contributed by atoms with E-state index in [-0.39, 0.29) is 24.2 Å². The minimum atomic E-state index is -0.313. The summed E-state index contributed by atoms with van der Waals surface area (Å²) < 4.78 is 22.0. The molecule has 1 saturated heterocycles. The Morgan fingerprint density at radius 1 is 1.44 bits per heavy atom. The van der Waals surface area contributed by atoms with Gasteiger partial charge in [-0.05, 0) is 25.0 Å². The first-order valence-corrected chi connectivity index (χ1v) is 8.15. The molecule has 0 saturated carbocycles. The second-order valence-electron chi connectivity index (χ2n) is 5.84. The fourth-order valence-electron chi connectivity index (χ4n) is 3.03. The second kappa shape index (κ2) is 6.60. The first-order valence-electron chi connectivity index (χ1n) is 8.15. The third-order valence-corrected chi connectivity index (χ3v) is 4.23. The van der Waals surface area contributed by atoms with Crippen molar-refractivity contribution in [3.8, 4) is 5.75 Å². The van der Waals surface area contributed by atoms with E-state index in [0.29, 0.717) is 29.5 Å². The van der Waals surface area contributed by atoms with Crippen LogP contribution in [-0.2, 0) is 11.3 Å². The van der Waals surface area contributed by atoms with Crippen molar-refractivity contribution < 1.29 is 23.1 Å². The molecule has 1 aliphatic heterocycles. The molecule has 1 fully saturated rings. The van der Waals surface area contributed by atoms with E-state index in [4.69, 9.17) is 18.3 Å². The molecule has 0 spiro atoms. The first-order chi connectivity index (χ1) is 12.3. The summed E-state index contributed by atoms with van der Waals surface area (Å²) in [4.78, 5) is 16.5. The van der Waals surface area contributed by atoms with Gasteiger partial charge in [0.25, 0.3) is 5.91 Å². The van der Waals surface area contributed by atoms with E-state index >= 15 is 0 Å². The van der Waals surface area contributed by atoms with Gasteiger partial charge in [-0.2, -0.15) is 0 Å². The molecule has 4 rings (SSSR count). The molecule has 3 heterocycles. The smallest absolute Gasteiger partial charge is 0.274 e. The van der Waals surface area contributed by atoms with Crippen LogP contribution in [0.2, 0.25) is 0 Å². The van der Waals surface area contributed by atoms with Gasteiger partial charge in [-0.15, -0.1) is 0 Å². The molecule has 1 aliphatic rings. The second-order valence-corrected chi connectivity index (χ2v) is 5.84. The largest absolute Gasteiger partial charge is 0.493 e. The lowest BCUT2D eigenvalue weighted by Crippen LogP contribution is -2.24. The van der Waals surface area contributed by atoms with Gasteiger partial charge in [0, 0.05) is 12.0 Å². The number of benzene rings is 1. The Kier molecular flexibility index (Phi) is 4.15. The number of nitrogens with one attached hydrogen (secondary N) is 1. The zero-order valence-electron chi connectivity index (χ0n) is 13.8. The number of rotatable bonds is 5. The van der Waals surface area contributed by atoms with Gasteiger partial charge in [-0.25, -0.2) is 4.98 Å². The lowest BCUT2D eigenvalue weighted by Gasteiger charge is -2.07. The summed E-state index contributed by atoms with van der Waals surface area (Å²) in [7, 11) is 1.59. The van der Waals surface area contributed by atoms with Gasteiger partial charge in [0.2, 0.25) is 0 Å². The van der Waals surface area contributed by atoms with E-state index in [2.05, 4.69) is 10.3 Å². The molecule has 3 aromatic rings. The monoisotopic (exact) mass is 342 g/mol. The summed E-state index contributed by atoms with van der Waals surface area (Å²) in [6, 6.07) is 7.53. The Morgan fingerprint density at radius 2 is 2.36 bits per heavy atom. The van der Waals surface area contributed by atoms with Crippen molar-refractivity contribution in [2.75, 3.05) is 13.7 Å². The third kappa shape index (κ3) is 2.98. The Labute approximate surface area is 143 Å². The van der Waals surface area contributed by atoms with E-state index in [0.717, 1.165) is 18.2 Å². The minimum absolute atomic E-state index is 0.196. The number of methoxy groups -OCH3 is 1. The van der Waals surface area contributed by atoms with Gasteiger partial charge < -0.3 is 23.6 Å². The maximum absolute atomic E-state index is 12.4. The fourth-order valence-corrected chi connectivity index (χ4v) is 3.03. The van der Waals surface area contributed by atoms with Crippen LogP contribution in [-0.4, -0.2) is 24.6 Å². The van der Waals surface area contributed by atoms with Crippen molar-refractivity contribution in [2.45, 2.75) is 25.5 Å². The third-order valence-electron chi connectivity index (χ3n) is 4.23.